The summed E-state index contributed by atoms with van der Waals surface area (Å²) in [6, 6.07) is 2.13. The van der Waals surface area contributed by atoms with Gasteiger partial charge in [-0.3, -0.25) is 9.59 Å². The first-order chi connectivity index (χ1) is 10.3. The van der Waals surface area contributed by atoms with Gasteiger partial charge < -0.3 is 10.2 Å². The Bertz CT molecular complexity index is 565. The molecule has 1 aliphatic heterocycles. The third-order valence-corrected chi connectivity index (χ3v) is 5.06. The Morgan fingerprint density at radius 2 is 2.09 bits per heavy atom. The minimum absolute atomic E-state index is 0.00430. The third-order valence-electron chi connectivity index (χ3n) is 4.08. The number of nitrogens with one attached hydrogen (secondary N) is 1. The molecule has 22 heavy (non-hydrogen) atoms. The Hall–Kier alpha value is -1.36. The number of hydrogen-bond acceptors (Lipinski definition) is 3. The normalized spacial score (nSPS) is 19.8. The van der Waals surface area contributed by atoms with Crippen LogP contribution in [0.1, 0.15) is 48.6 Å². The average molecular weight is 322 g/mol. The standard InChI is InChI=1S/C17H26N2O2S/c1-10(2)8-19-9-14(7-16(19)20)17(21)18-12(4)15-6-11(3)22-13(15)5/h6,10,12,14H,7-9H2,1-5H3,(H,18,21)/t12-,14+/m1/s1. The molecule has 2 atom stereocenters. The summed E-state index contributed by atoms with van der Waals surface area (Å²) >= 11 is 1.75. The molecule has 2 heterocycles. The van der Waals surface area contributed by atoms with Crippen molar-refractivity contribution >= 4 is 23.2 Å². The van der Waals surface area contributed by atoms with Gasteiger partial charge in [0.15, 0.2) is 0 Å². The summed E-state index contributed by atoms with van der Waals surface area (Å²) in [7, 11) is 0. The summed E-state index contributed by atoms with van der Waals surface area (Å²) in [5.41, 5.74) is 1.18. The van der Waals surface area contributed by atoms with Gasteiger partial charge in [-0.25, -0.2) is 0 Å². The van der Waals surface area contributed by atoms with E-state index in [2.05, 4.69) is 39.1 Å². The van der Waals surface area contributed by atoms with Crippen molar-refractivity contribution < 1.29 is 9.59 Å². The molecule has 0 unspecified atom stereocenters. The number of thiophene rings is 1. The lowest BCUT2D eigenvalue weighted by atomic mass is 10.1. The highest BCUT2D eigenvalue weighted by atomic mass is 32.1. The fraction of sp³-hybridized carbons (Fsp3) is 0.647. The number of hydrogen-bond donors (Lipinski definition) is 1. The van der Waals surface area contributed by atoms with Gasteiger partial charge >= 0.3 is 0 Å². The number of amides is 2. The van der Waals surface area contributed by atoms with Crippen LogP contribution in [-0.2, 0) is 9.59 Å². The summed E-state index contributed by atoms with van der Waals surface area (Å²) in [5, 5.41) is 3.08. The zero-order chi connectivity index (χ0) is 16.4. The van der Waals surface area contributed by atoms with E-state index >= 15 is 0 Å². The molecule has 0 bridgehead atoms. The smallest absolute Gasteiger partial charge is 0.225 e. The maximum Gasteiger partial charge on any atom is 0.225 e. The maximum absolute atomic E-state index is 12.4. The van der Waals surface area contributed by atoms with Gasteiger partial charge in [0.25, 0.3) is 0 Å². The highest BCUT2D eigenvalue weighted by molar-refractivity contribution is 7.12. The molecule has 1 aliphatic rings. The second-order valence-corrected chi connectivity index (χ2v) is 8.15. The van der Waals surface area contributed by atoms with E-state index in [0.717, 1.165) is 6.54 Å². The van der Waals surface area contributed by atoms with Crippen molar-refractivity contribution in [1.82, 2.24) is 10.2 Å². The topological polar surface area (TPSA) is 49.4 Å². The monoisotopic (exact) mass is 322 g/mol. The second-order valence-electron chi connectivity index (χ2n) is 6.69. The lowest BCUT2D eigenvalue weighted by Gasteiger charge is -2.20. The molecule has 4 nitrogen and oxygen atoms in total. The summed E-state index contributed by atoms with van der Waals surface area (Å²) in [6.07, 6.45) is 0.340. The third kappa shape index (κ3) is 3.88. The van der Waals surface area contributed by atoms with Crippen LogP contribution in [0.2, 0.25) is 0 Å². The van der Waals surface area contributed by atoms with Crippen LogP contribution < -0.4 is 5.32 Å². The molecule has 0 radical (unpaired) electrons. The highest BCUT2D eigenvalue weighted by Gasteiger charge is 2.34. The predicted molar refractivity (Wildman–Crippen MR) is 89.9 cm³/mol. The number of aryl methyl sites for hydroxylation is 2. The Labute approximate surface area is 136 Å². The Morgan fingerprint density at radius 3 is 2.64 bits per heavy atom. The van der Waals surface area contributed by atoms with Gasteiger partial charge in [-0.15, -0.1) is 11.3 Å². The quantitative estimate of drug-likeness (QED) is 0.906. The van der Waals surface area contributed by atoms with E-state index in [-0.39, 0.29) is 23.8 Å². The number of nitrogens with zero attached hydrogens (tertiary/aromatic N) is 1. The van der Waals surface area contributed by atoms with E-state index in [1.807, 2.05) is 11.8 Å². The molecule has 1 fully saturated rings. The van der Waals surface area contributed by atoms with Gasteiger partial charge in [0.2, 0.25) is 11.8 Å². The zero-order valence-electron chi connectivity index (χ0n) is 14.1. The van der Waals surface area contributed by atoms with Crippen molar-refractivity contribution in [2.45, 2.75) is 47.1 Å². The van der Waals surface area contributed by atoms with Gasteiger partial charge in [0.1, 0.15) is 0 Å². The maximum atomic E-state index is 12.4. The molecule has 0 saturated carbocycles. The Balaban J connectivity index is 1.95. The SMILES string of the molecule is Cc1cc([C@@H](C)NC(=O)[C@H]2CC(=O)N(CC(C)C)C2)c(C)s1. The zero-order valence-corrected chi connectivity index (χ0v) is 14.9. The minimum Gasteiger partial charge on any atom is -0.349 e. The molecule has 1 aromatic rings. The molecule has 0 aromatic carbocycles. The molecule has 122 valence electrons. The minimum atomic E-state index is -0.214. The van der Waals surface area contributed by atoms with E-state index < -0.39 is 0 Å². The van der Waals surface area contributed by atoms with Crippen molar-refractivity contribution in [1.29, 1.82) is 0 Å². The van der Waals surface area contributed by atoms with Crippen LogP contribution in [0.4, 0.5) is 0 Å². The molecule has 1 aromatic heterocycles. The lowest BCUT2D eigenvalue weighted by Crippen LogP contribution is -2.35. The average Bonchev–Trinajstić information content (AvgIpc) is 2.92. The van der Waals surface area contributed by atoms with Crippen molar-refractivity contribution in [3.8, 4) is 0 Å². The van der Waals surface area contributed by atoms with Crippen molar-refractivity contribution in [2.75, 3.05) is 13.1 Å². The Kier molecular flexibility index (Phi) is 5.27. The van der Waals surface area contributed by atoms with Crippen molar-refractivity contribution in [3.05, 3.63) is 21.4 Å². The fourth-order valence-corrected chi connectivity index (χ4v) is 4.08. The van der Waals surface area contributed by atoms with Gasteiger partial charge in [-0.2, -0.15) is 0 Å². The second kappa shape index (κ2) is 6.82. The van der Waals surface area contributed by atoms with E-state index in [9.17, 15) is 9.59 Å². The molecule has 2 amide bonds. The highest BCUT2D eigenvalue weighted by Crippen LogP contribution is 2.27. The van der Waals surface area contributed by atoms with Crippen LogP contribution in [0.5, 0.6) is 0 Å². The van der Waals surface area contributed by atoms with E-state index in [1.54, 1.807) is 11.3 Å². The summed E-state index contributed by atoms with van der Waals surface area (Å²) in [5.74, 6) is 0.314. The van der Waals surface area contributed by atoms with Crippen LogP contribution >= 0.6 is 11.3 Å². The van der Waals surface area contributed by atoms with Crippen molar-refractivity contribution in [3.63, 3.8) is 0 Å². The summed E-state index contributed by atoms with van der Waals surface area (Å²) in [6.45, 7) is 11.6. The summed E-state index contributed by atoms with van der Waals surface area (Å²) < 4.78 is 0. The first-order valence-electron chi connectivity index (χ1n) is 7.93. The van der Waals surface area contributed by atoms with Gasteiger partial charge in [0.05, 0.1) is 12.0 Å². The van der Waals surface area contributed by atoms with Gasteiger partial charge in [-0.05, 0) is 38.3 Å². The molecule has 1 saturated heterocycles. The fourth-order valence-electron chi connectivity index (χ4n) is 3.05. The predicted octanol–water partition coefficient (Wildman–Crippen LogP) is 3.05. The first kappa shape index (κ1) is 17.0. The van der Waals surface area contributed by atoms with Crippen LogP contribution in [0.3, 0.4) is 0 Å². The van der Waals surface area contributed by atoms with Crippen molar-refractivity contribution in [2.24, 2.45) is 11.8 Å². The molecule has 1 N–H and O–H groups in total. The van der Waals surface area contributed by atoms with Crippen LogP contribution in [0.25, 0.3) is 0 Å². The van der Waals surface area contributed by atoms with E-state index in [1.165, 1.54) is 15.3 Å². The van der Waals surface area contributed by atoms with E-state index in [0.29, 0.717) is 18.9 Å². The van der Waals surface area contributed by atoms with E-state index in [4.69, 9.17) is 0 Å². The molecular weight excluding hydrogens is 296 g/mol. The summed E-state index contributed by atoms with van der Waals surface area (Å²) in [4.78, 5) is 28.7. The largest absolute Gasteiger partial charge is 0.349 e. The molecular formula is C17H26N2O2S. The lowest BCUT2D eigenvalue weighted by molar-refractivity contribution is -0.129. The van der Waals surface area contributed by atoms with Crippen LogP contribution in [0.15, 0.2) is 6.07 Å². The number of rotatable bonds is 5. The van der Waals surface area contributed by atoms with Crippen LogP contribution in [-0.4, -0.2) is 29.8 Å². The first-order valence-corrected chi connectivity index (χ1v) is 8.74. The van der Waals surface area contributed by atoms with Crippen LogP contribution in [0, 0.1) is 25.7 Å². The molecule has 5 heteroatoms. The Morgan fingerprint density at radius 1 is 1.41 bits per heavy atom. The number of carbonyl (C=O) groups excluding carboxylic acids is 2. The van der Waals surface area contributed by atoms with Gasteiger partial charge in [-0.1, -0.05) is 13.8 Å². The molecule has 0 spiro atoms. The number of carbonyl (C=O) groups is 2. The van der Waals surface area contributed by atoms with Gasteiger partial charge in [0, 0.05) is 29.3 Å². The molecule has 2 rings (SSSR count). The molecule has 0 aliphatic carbocycles. The number of likely N-dealkylation sites (tertiary alicyclic amines) is 1.